The van der Waals surface area contributed by atoms with E-state index in [1.807, 2.05) is 24.3 Å². The summed E-state index contributed by atoms with van der Waals surface area (Å²) in [5.74, 6) is 0. The Morgan fingerprint density at radius 3 is 2.50 bits per heavy atom. The lowest BCUT2D eigenvalue weighted by Gasteiger charge is -2.22. The summed E-state index contributed by atoms with van der Waals surface area (Å²) in [5.41, 5.74) is 7.28. The fourth-order valence-corrected chi connectivity index (χ4v) is 2.05. The summed E-state index contributed by atoms with van der Waals surface area (Å²) in [4.78, 5) is 2.31. The van der Waals surface area contributed by atoms with Crippen molar-refractivity contribution < 1.29 is 5.11 Å². The van der Waals surface area contributed by atoms with Gasteiger partial charge in [0.2, 0.25) is 0 Å². The highest BCUT2D eigenvalue weighted by molar-refractivity contribution is 6.30. The molecule has 0 aliphatic heterocycles. The molecule has 1 atom stereocenters. The van der Waals surface area contributed by atoms with Gasteiger partial charge in [0.25, 0.3) is 0 Å². The van der Waals surface area contributed by atoms with Crippen LogP contribution in [0.2, 0.25) is 5.02 Å². The molecular weight excluding hydrogens is 248 g/mol. The molecule has 0 fully saturated rings. The summed E-state index contributed by atoms with van der Waals surface area (Å²) in [6.45, 7) is 5.26. The quantitative estimate of drug-likeness (QED) is 0.763. The van der Waals surface area contributed by atoms with Crippen LogP contribution in [-0.4, -0.2) is 36.2 Å². The Labute approximate surface area is 115 Å². The van der Waals surface area contributed by atoms with Crippen molar-refractivity contribution in [2.24, 2.45) is 5.73 Å². The molecule has 0 heterocycles. The van der Waals surface area contributed by atoms with Crippen LogP contribution in [0.25, 0.3) is 0 Å². The molecule has 3 nitrogen and oxygen atoms in total. The van der Waals surface area contributed by atoms with Crippen LogP contribution >= 0.6 is 11.6 Å². The third kappa shape index (κ3) is 5.36. The lowest BCUT2D eigenvalue weighted by Crippen LogP contribution is -2.28. The minimum absolute atomic E-state index is 0.0467. The van der Waals surface area contributed by atoms with E-state index in [0.29, 0.717) is 0 Å². The second-order valence-electron chi connectivity index (χ2n) is 4.46. The zero-order chi connectivity index (χ0) is 13.4. The summed E-state index contributed by atoms with van der Waals surface area (Å²) in [5, 5.41) is 9.57. The normalized spacial score (nSPS) is 12.9. The zero-order valence-corrected chi connectivity index (χ0v) is 11.7. The maximum atomic E-state index is 8.83. The third-order valence-electron chi connectivity index (χ3n) is 3.13. The summed E-state index contributed by atoms with van der Waals surface area (Å²) in [6, 6.07) is 7.76. The zero-order valence-electron chi connectivity index (χ0n) is 11.0. The van der Waals surface area contributed by atoms with Crippen LogP contribution in [0.4, 0.5) is 0 Å². The molecule has 0 aromatic heterocycles. The number of hydrogen-bond donors (Lipinski definition) is 2. The van der Waals surface area contributed by atoms with Crippen LogP contribution in [0.5, 0.6) is 0 Å². The van der Waals surface area contributed by atoms with Gasteiger partial charge in [-0.3, -0.25) is 0 Å². The Morgan fingerprint density at radius 1 is 1.28 bits per heavy atom. The number of benzene rings is 1. The predicted octanol–water partition coefficient (Wildman–Crippen LogP) is 2.43. The van der Waals surface area contributed by atoms with Crippen LogP contribution in [0.15, 0.2) is 24.3 Å². The molecule has 1 rings (SSSR count). The van der Waals surface area contributed by atoms with E-state index in [4.69, 9.17) is 22.4 Å². The Kier molecular flexibility index (Phi) is 7.28. The minimum atomic E-state index is 0.0467. The van der Waals surface area contributed by atoms with Gasteiger partial charge in [0.15, 0.2) is 0 Å². The summed E-state index contributed by atoms with van der Waals surface area (Å²) >= 11 is 5.85. The SMILES string of the molecule is CCN(CCCO)CCC(N)c1ccc(Cl)cc1. The number of hydrogen-bond acceptors (Lipinski definition) is 3. The largest absolute Gasteiger partial charge is 0.396 e. The number of nitrogens with two attached hydrogens (primary N) is 1. The molecule has 0 spiro atoms. The maximum Gasteiger partial charge on any atom is 0.0443 e. The highest BCUT2D eigenvalue weighted by Gasteiger charge is 2.08. The smallest absolute Gasteiger partial charge is 0.0443 e. The molecular formula is C14H23ClN2O. The first kappa shape index (κ1) is 15.4. The van der Waals surface area contributed by atoms with Crippen molar-refractivity contribution in [3.8, 4) is 0 Å². The first-order valence-electron chi connectivity index (χ1n) is 6.51. The number of aliphatic hydroxyl groups excluding tert-OH is 1. The van der Waals surface area contributed by atoms with Crippen molar-refractivity contribution in [1.29, 1.82) is 0 Å². The van der Waals surface area contributed by atoms with Gasteiger partial charge in [0.05, 0.1) is 0 Å². The van der Waals surface area contributed by atoms with Crippen molar-refractivity contribution in [1.82, 2.24) is 4.90 Å². The molecule has 0 bridgehead atoms. The van der Waals surface area contributed by atoms with Gasteiger partial charge in [-0.25, -0.2) is 0 Å². The van der Waals surface area contributed by atoms with E-state index in [2.05, 4.69) is 11.8 Å². The Bertz CT molecular complexity index is 329. The van der Waals surface area contributed by atoms with Crippen molar-refractivity contribution in [3.05, 3.63) is 34.9 Å². The average Bonchev–Trinajstić information content (AvgIpc) is 2.39. The first-order chi connectivity index (χ1) is 8.67. The third-order valence-corrected chi connectivity index (χ3v) is 3.39. The van der Waals surface area contributed by atoms with Gasteiger partial charge >= 0.3 is 0 Å². The summed E-state index contributed by atoms with van der Waals surface area (Å²) in [7, 11) is 0. The summed E-state index contributed by atoms with van der Waals surface area (Å²) in [6.07, 6.45) is 1.74. The predicted molar refractivity (Wildman–Crippen MR) is 76.8 cm³/mol. The fraction of sp³-hybridized carbons (Fsp3) is 0.571. The average molecular weight is 271 g/mol. The van der Waals surface area contributed by atoms with Crippen LogP contribution < -0.4 is 5.73 Å². The molecule has 1 aromatic rings. The fourth-order valence-electron chi connectivity index (χ4n) is 1.92. The van der Waals surface area contributed by atoms with E-state index < -0.39 is 0 Å². The van der Waals surface area contributed by atoms with Crippen LogP contribution in [0.3, 0.4) is 0 Å². The van der Waals surface area contributed by atoms with E-state index in [-0.39, 0.29) is 12.6 Å². The van der Waals surface area contributed by atoms with Crippen molar-refractivity contribution in [2.45, 2.75) is 25.8 Å². The molecule has 1 unspecified atom stereocenters. The Morgan fingerprint density at radius 2 is 1.94 bits per heavy atom. The second kappa shape index (κ2) is 8.48. The Balaban J connectivity index is 2.39. The molecule has 0 aliphatic carbocycles. The molecule has 0 saturated heterocycles. The van der Waals surface area contributed by atoms with Gasteiger partial charge in [0, 0.05) is 24.2 Å². The standard InChI is InChI=1S/C14H23ClN2O/c1-2-17(9-3-11-18)10-8-14(16)12-4-6-13(15)7-5-12/h4-7,14,18H,2-3,8-11,16H2,1H3. The molecule has 0 radical (unpaired) electrons. The van der Waals surface area contributed by atoms with Gasteiger partial charge in [-0.05, 0) is 43.6 Å². The van der Waals surface area contributed by atoms with Crippen LogP contribution in [-0.2, 0) is 0 Å². The van der Waals surface area contributed by atoms with Gasteiger partial charge in [-0.1, -0.05) is 30.7 Å². The van der Waals surface area contributed by atoms with Gasteiger partial charge < -0.3 is 15.7 Å². The number of rotatable bonds is 8. The molecule has 18 heavy (non-hydrogen) atoms. The van der Waals surface area contributed by atoms with E-state index in [1.165, 1.54) is 0 Å². The van der Waals surface area contributed by atoms with Crippen LogP contribution in [0.1, 0.15) is 31.4 Å². The Hall–Kier alpha value is -0.610. The molecule has 0 amide bonds. The molecule has 0 aliphatic rings. The van der Waals surface area contributed by atoms with E-state index >= 15 is 0 Å². The maximum absolute atomic E-state index is 8.83. The van der Waals surface area contributed by atoms with Crippen molar-refractivity contribution in [3.63, 3.8) is 0 Å². The topological polar surface area (TPSA) is 49.5 Å². The number of halogens is 1. The van der Waals surface area contributed by atoms with Crippen molar-refractivity contribution in [2.75, 3.05) is 26.2 Å². The lowest BCUT2D eigenvalue weighted by atomic mass is 10.0. The number of aliphatic hydroxyl groups is 1. The van der Waals surface area contributed by atoms with Gasteiger partial charge in [0.1, 0.15) is 0 Å². The second-order valence-corrected chi connectivity index (χ2v) is 4.89. The monoisotopic (exact) mass is 270 g/mol. The van der Waals surface area contributed by atoms with Gasteiger partial charge in [-0.15, -0.1) is 0 Å². The number of nitrogens with zero attached hydrogens (tertiary/aromatic N) is 1. The van der Waals surface area contributed by atoms with E-state index in [1.54, 1.807) is 0 Å². The highest BCUT2D eigenvalue weighted by atomic mass is 35.5. The van der Waals surface area contributed by atoms with E-state index in [0.717, 1.165) is 43.1 Å². The minimum Gasteiger partial charge on any atom is -0.396 e. The van der Waals surface area contributed by atoms with Gasteiger partial charge in [-0.2, -0.15) is 0 Å². The molecule has 102 valence electrons. The van der Waals surface area contributed by atoms with Crippen molar-refractivity contribution >= 4 is 11.6 Å². The molecule has 3 N–H and O–H groups in total. The molecule has 1 aromatic carbocycles. The summed E-state index contributed by atoms with van der Waals surface area (Å²) < 4.78 is 0. The molecule has 0 saturated carbocycles. The van der Waals surface area contributed by atoms with E-state index in [9.17, 15) is 0 Å². The highest BCUT2D eigenvalue weighted by Crippen LogP contribution is 2.17. The lowest BCUT2D eigenvalue weighted by molar-refractivity contribution is 0.225. The van der Waals surface area contributed by atoms with Crippen LogP contribution in [0, 0.1) is 0 Å². The molecule has 4 heteroatoms. The first-order valence-corrected chi connectivity index (χ1v) is 6.89.